The molecule has 0 aromatic rings. The van der Waals surface area contributed by atoms with Gasteiger partial charge in [-0.25, -0.2) is 0 Å². The molecular formula is C14H27NO. The summed E-state index contributed by atoms with van der Waals surface area (Å²) in [5.74, 6) is 1.14. The summed E-state index contributed by atoms with van der Waals surface area (Å²) in [5.41, 5.74) is -0.224. The largest absolute Gasteiger partial charge is 0.303 e. The minimum atomic E-state index is -0.238. The number of Topliss-reactive ketones (excluding diaryl/α,β-unsaturated/α-hetero) is 1. The van der Waals surface area contributed by atoms with Gasteiger partial charge in [-0.1, -0.05) is 33.6 Å². The summed E-state index contributed by atoms with van der Waals surface area (Å²) < 4.78 is 0. The van der Waals surface area contributed by atoms with Crippen molar-refractivity contribution in [2.24, 2.45) is 11.3 Å². The van der Waals surface area contributed by atoms with Gasteiger partial charge in [0.1, 0.15) is 0 Å². The molecule has 94 valence electrons. The number of nitrogens with one attached hydrogen (secondary N) is 1. The molecule has 0 bridgehead atoms. The van der Waals surface area contributed by atoms with Crippen molar-refractivity contribution in [1.29, 1.82) is 0 Å². The van der Waals surface area contributed by atoms with Crippen LogP contribution in [0.3, 0.4) is 0 Å². The molecule has 0 aliphatic heterocycles. The van der Waals surface area contributed by atoms with E-state index in [-0.39, 0.29) is 17.0 Å². The van der Waals surface area contributed by atoms with Gasteiger partial charge >= 0.3 is 0 Å². The van der Waals surface area contributed by atoms with Gasteiger partial charge < -0.3 is 5.32 Å². The molecule has 1 aliphatic carbocycles. The van der Waals surface area contributed by atoms with Gasteiger partial charge in [-0.3, -0.25) is 4.79 Å². The van der Waals surface area contributed by atoms with Crippen molar-refractivity contribution < 1.29 is 4.79 Å². The molecule has 0 aromatic heterocycles. The predicted molar refractivity (Wildman–Crippen MR) is 68.5 cm³/mol. The maximum atomic E-state index is 12.3. The number of hydrogen-bond donors (Lipinski definition) is 1. The van der Waals surface area contributed by atoms with Crippen molar-refractivity contribution in [1.82, 2.24) is 5.32 Å². The van der Waals surface area contributed by atoms with Gasteiger partial charge in [0, 0.05) is 11.0 Å². The second-order valence-corrected chi connectivity index (χ2v) is 7.24. The van der Waals surface area contributed by atoms with Gasteiger partial charge in [-0.05, 0) is 33.1 Å². The molecule has 1 unspecified atom stereocenters. The lowest BCUT2D eigenvalue weighted by atomic mass is 9.84. The summed E-state index contributed by atoms with van der Waals surface area (Å²) in [6, 6.07) is 0.0347. The molecule has 1 rings (SSSR count). The zero-order chi connectivity index (χ0) is 12.6. The smallest absolute Gasteiger partial charge is 0.155 e. The molecule has 1 aliphatic rings. The summed E-state index contributed by atoms with van der Waals surface area (Å²) in [7, 11) is 0. The highest BCUT2D eigenvalue weighted by molar-refractivity contribution is 5.88. The van der Waals surface area contributed by atoms with Crippen molar-refractivity contribution >= 4 is 5.78 Å². The first kappa shape index (κ1) is 13.7. The fraction of sp³-hybridized carbons (Fsp3) is 0.929. The number of hydrogen-bond acceptors (Lipinski definition) is 2. The van der Waals surface area contributed by atoms with Crippen LogP contribution in [0.2, 0.25) is 0 Å². The molecule has 0 radical (unpaired) electrons. The highest BCUT2D eigenvalue weighted by Gasteiger charge is 2.35. The van der Waals surface area contributed by atoms with E-state index in [2.05, 4.69) is 26.1 Å². The van der Waals surface area contributed by atoms with Gasteiger partial charge in [0.25, 0.3) is 0 Å². The minimum Gasteiger partial charge on any atom is -0.303 e. The molecule has 2 heteroatoms. The monoisotopic (exact) mass is 225 g/mol. The highest BCUT2D eigenvalue weighted by Crippen LogP contribution is 2.35. The van der Waals surface area contributed by atoms with Crippen molar-refractivity contribution in [3.63, 3.8) is 0 Å². The van der Waals surface area contributed by atoms with E-state index in [4.69, 9.17) is 0 Å². The Morgan fingerprint density at radius 3 is 2.00 bits per heavy atom. The summed E-state index contributed by atoms with van der Waals surface area (Å²) in [5, 5.41) is 3.48. The molecule has 0 heterocycles. The molecule has 1 atom stereocenters. The number of ketones is 1. The van der Waals surface area contributed by atoms with Crippen LogP contribution < -0.4 is 5.32 Å². The van der Waals surface area contributed by atoms with Gasteiger partial charge in [0.05, 0.1) is 6.04 Å². The second kappa shape index (κ2) is 4.48. The first-order valence-corrected chi connectivity index (χ1v) is 6.41. The minimum absolute atomic E-state index is 0.0144. The SMILES string of the molecule is CC(C)(C)NC(CC1CC1)C(=O)C(C)(C)C. The molecular weight excluding hydrogens is 198 g/mol. The first-order chi connectivity index (χ1) is 7.09. The number of carbonyl (C=O) groups excluding carboxylic acids is 1. The Hall–Kier alpha value is -0.370. The van der Waals surface area contributed by atoms with Crippen molar-refractivity contribution in [3.8, 4) is 0 Å². The normalized spacial score (nSPS) is 19.6. The van der Waals surface area contributed by atoms with E-state index in [0.717, 1.165) is 12.3 Å². The van der Waals surface area contributed by atoms with Crippen LogP contribution in [0.15, 0.2) is 0 Å². The number of carbonyl (C=O) groups is 1. The second-order valence-electron chi connectivity index (χ2n) is 7.24. The summed E-state index contributed by atoms with van der Waals surface area (Å²) in [6.45, 7) is 12.4. The molecule has 1 N–H and O–H groups in total. The Kier molecular flexibility index (Phi) is 3.83. The van der Waals surface area contributed by atoms with E-state index >= 15 is 0 Å². The third kappa shape index (κ3) is 4.65. The van der Waals surface area contributed by atoms with Gasteiger partial charge in [-0.2, -0.15) is 0 Å². The Balaban J connectivity index is 2.66. The van der Waals surface area contributed by atoms with E-state index in [1.165, 1.54) is 12.8 Å². The Labute approximate surface area is 100 Å². The average molecular weight is 225 g/mol. The van der Waals surface area contributed by atoms with Crippen LogP contribution in [0.1, 0.15) is 60.8 Å². The van der Waals surface area contributed by atoms with Crippen LogP contribution in [0, 0.1) is 11.3 Å². The fourth-order valence-corrected chi connectivity index (χ4v) is 1.96. The van der Waals surface area contributed by atoms with E-state index in [9.17, 15) is 4.79 Å². The van der Waals surface area contributed by atoms with Crippen LogP contribution in [0.5, 0.6) is 0 Å². The van der Waals surface area contributed by atoms with Crippen LogP contribution >= 0.6 is 0 Å². The Bertz CT molecular complexity index is 253. The zero-order valence-corrected chi connectivity index (χ0v) is 11.7. The lowest BCUT2D eigenvalue weighted by Crippen LogP contribution is -2.51. The molecule has 0 saturated heterocycles. The molecule has 0 amide bonds. The maximum absolute atomic E-state index is 12.3. The van der Waals surface area contributed by atoms with Crippen molar-refractivity contribution in [3.05, 3.63) is 0 Å². The third-order valence-electron chi connectivity index (χ3n) is 2.93. The molecule has 0 aromatic carbocycles. The quantitative estimate of drug-likeness (QED) is 0.796. The predicted octanol–water partition coefficient (Wildman–Crippen LogP) is 3.16. The van der Waals surface area contributed by atoms with Crippen LogP contribution in [-0.2, 0) is 4.79 Å². The van der Waals surface area contributed by atoms with E-state index in [1.54, 1.807) is 0 Å². The average Bonchev–Trinajstić information content (AvgIpc) is 2.81. The first-order valence-electron chi connectivity index (χ1n) is 6.41. The highest BCUT2D eigenvalue weighted by atomic mass is 16.1. The van der Waals surface area contributed by atoms with Gasteiger partial charge in [0.15, 0.2) is 5.78 Å². The molecule has 0 spiro atoms. The number of rotatable bonds is 4. The van der Waals surface area contributed by atoms with Crippen LogP contribution in [-0.4, -0.2) is 17.4 Å². The van der Waals surface area contributed by atoms with E-state index in [1.807, 2.05) is 20.8 Å². The third-order valence-corrected chi connectivity index (χ3v) is 2.93. The van der Waals surface area contributed by atoms with E-state index < -0.39 is 0 Å². The molecule has 2 nitrogen and oxygen atoms in total. The molecule has 1 fully saturated rings. The fourth-order valence-electron chi connectivity index (χ4n) is 1.96. The summed E-state index contributed by atoms with van der Waals surface area (Å²) in [4.78, 5) is 12.3. The standard InChI is InChI=1S/C14H27NO/c1-13(2,3)12(16)11(9-10-7-8-10)15-14(4,5)6/h10-11,15H,7-9H2,1-6H3. The van der Waals surface area contributed by atoms with Crippen LogP contribution in [0.25, 0.3) is 0 Å². The van der Waals surface area contributed by atoms with E-state index in [0.29, 0.717) is 5.78 Å². The van der Waals surface area contributed by atoms with Gasteiger partial charge in [-0.15, -0.1) is 0 Å². The lowest BCUT2D eigenvalue weighted by molar-refractivity contribution is -0.129. The molecule has 1 saturated carbocycles. The van der Waals surface area contributed by atoms with Gasteiger partial charge in [0.2, 0.25) is 0 Å². The zero-order valence-electron chi connectivity index (χ0n) is 11.7. The van der Waals surface area contributed by atoms with Crippen molar-refractivity contribution in [2.45, 2.75) is 72.4 Å². The summed E-state index contributed by atoms with van der Waals surface area (Å²) in [6.07, 6.45) is 3.63. The maximum Gasteiger partial charge on any atom is 0.155 e. The Morgan fingerprint density at radius 1 is 1.19 bits per heavy atom. The van der Waals surface area contributed by atoms with Crippen LogP contribution in [0.4, 0.5) is 0 Å². The molecule has 16 heavy (non-hydrogen) atoms. The van der Waals surface area contributed by atoms with Crippen molar-refractivity contribution in [2.75, 3.05) is 0 Å². The topological polar surface area (TPSA) is 29.1 Å². The Morgan fingerprint density at radius 2 is 1.69 bits per heavy atom. The lowest BCUT2D eigenvalue weighted by Gasteiger charge is -2.31. The summed E-state index contributed by atoms with van der Waals surface area (Å²) >= 11 is 0.